The first-order chi connectivity index (χ1) is 13.8. The second-order valence-electron chi connectivity index (χ2n) is 7.38. The quantitative estimate of drug-likeness (QED) is 0.588. The zero-order valence-electron chi connectivity index (χ0n) is 16.5. The van der Waals surface area contributed by atoms with Crippen LogP contribution >= 0.6 is 0 Å². The molecule has 0 bridgehead atoms. The van der Waals surface area contributed by atoms with E-state index in [1.807, 2.05) is 25.3 Å². The number of hydrogen-bond donors (Lipinski definition) is 2. The van der Waals surface area contributed by atoms with Crippen molar-refractivity contribution in [2.24, 2.45) is 0 Å². The van der Waals surface area contributed by atoms with E-state index in [4.69, 9.17) is 4.42 Å². The number of piperazine rings is 1. The van der Waals surface area contributed by atoms with Crippen LogP contribution < -0.4 is 10.2 Å². The second kappa shape index (κ2) is 9.08. The van der Waals surface area contributed by atoms with Crippen molar-refractivity contribution in [2.75, 3.05) is 44.2 Å². The van der Waals surface area contributed by atoms with Crippen LogP contribution in [0.15, 0.2) is 53.1 Å². The first-order valence-electron chi connectivity index (χ1n) is 10.1. The number of benzene rings is 1. The van der Waals surface area contributed by atoms with Gasteiger partial charge in [-0.3, -0.25) is 10.00 Å². The van der Waals surface area contributed by atoms with Crippen LogP contribution in [0.2, 0.25) is 0 Å². The summed E-state index contributed by atoms with van der Waals surface area (Å²) in [6.45, 7) is 9.39. The lowest BCUT2D eigenvalue weighted by atomic mass is 10.2. The number of nitrogens with zero attached hydrogens (tertiary/aromatic N) is 3. The standard InChI is InChI=1S/C22H29N5O/c1-18-8-9-21(28-18)22-19(17-24-25-22)16-23-10-5-11-26-12-14-27(15-13-26)20-6-3-2-4-7-20/h2-4,6-9,17,23H,5,10-16H2,1H3,(H,24,25). The Morgan fingerprint density at radius 2 is 1.89 bits per heavy atom. The number of para-hydroxylation sites is 1. The molecule has 28 heavy (non-hydrogen) atoms. The fourth-order valence-electron chi connectivity index (χ4n) is 3.75. The Hall–Kier alpha value is -2.57. The van der Waals surface area contributed by atoms with Crippen LogP contribution in [0.4, 0.5) is 5.69 Å². The maximum absolute atomic E-state index is 5.71. The van der Waals surface area contributed by atoms with E-state index in [0.717, 1.165) is 75.0 Å². The van der Waals surface area contributed by atoms with E-state index in [-0.39, 0.29) is 0 Å². The fraction of sp³-hybridized carbons (Fsp3) is 0.409. The summed E-state index contributed by atoms with van der Waals surface area (Å²) >= 11 is 0. The number of furan rings is 1. The Kier molecular flexibility index (Phi) is 6.09. The van der Waals surface area contributed by atoms with Gasteiger partial charge in [0.15, 0.2) is 5.76 Å². The van der Waals surface area contributed by atoms with Crippen LogP contribution in [0.25, 0.3) is 11.5 Å². The third kappa shape index (κ3) is 4.64. The second-order valence-corrected chi connectivity index (χ2v) is 7.38. The van der Waals surface area contributed by atoms with Crippen molar-refractivity contribution < 1.29 is 4.42 Å². The van der Waals surface area contributed by atoms with Gasteiger partial charge in [0.05, 0.1) is 6.20 Å². The number of anilines is 1. The molecule has 0 aliphatic carbocycles. The lowest BCUT2D eigenvalue weighted by Crippen LogP contribution is -2.46. The van der Waals surface area contributed by atoms with Gasteiger partial charge in [-0.2, -0.15) is 5.10 Å². The van der Waals surface area contributed by atoms with Crippen molar-refractivity contribution in [3.05, 3.63) is 60.0 Å². The first-order valence-corrected chi connectivity index (χ1v) is 10.1. The van der Waals surface area contributed by atoms with Gasteiger partial charge in [0.2, 0.25) is 0 Å². The summed E-state index contributed by atoms with van der Waals surface area (Å²) in [6, 6.07) is 14.7. The van der Waals surface area contributed by atoms with E-state index in [1.165, 1.54) is 5.69 Å². The Morgan fingerprint density at radius 1 is 1.07 bits per heavy atom. The molecular formula is C22H29N5O. The number of aromatic nitrogens is 2. The lowest BCUT2D eigenvalue weighted by Gasteiger charge is -2.36. The highest BCUT2D eigenvalue weighted by atomic mass is 16.3. The lowest BCUT2D eigenvalue weighted by molar-refractivity contribution is 0.254. The molecule has 148 valence electrons. The third-order valence-corrected chi connectivity index (χ3v) is 5.34. The molecule has 4 rings (SSSR count). The minimum atomic E-state index is 0.799. The summed E-state index contributed by atoms with van der Waals surface area (Å²) in [5.74, 6) is 1.76. The van der Waals surface area contributed by atoms with Gasteiger partial charge in [0.1, 0.15) is 11.5 Å². The van der Waals surface area contributed by atoms with E-state index in [1.54, 1.807) is 0 Å². The molecule has 1 saturated heterocycles. The molecule has 1 fully saturated rings. The fourth-order valence-corrected chi connectivity index (χ4v) is 3.75. The molecule has 0 saturated carbocycles. The molecule has 6 heteroatoms. The molecule has 1 aliphatic heterocycles. The number of nitrogens with one attached hydrogen (secondary N) is 2. The van der Waals surface area contributed by atoms with E-state index in [2.05, 4.69) is 55.6 Å². The summed E-state index contributed by atoms with van der Waals surface area (Å²) in [5.41, 5.74) is 3.45. The highest BCUT2D eigenvalue weighted by Gasteiger charge is 2.16. The van der Waals surface area contributed by atoms with Crippen molar-refractivity contribution in [3.63, 3.8) is 0 Å². The molecule has 0 radical (unpaired) electrons. The molecule has 1 aromatic carbocycles. The predicted molar refractivity (Wildman–Crippen MR) is 112 cm³/mol. The zero-order chi connectivity index (χ0) is 19.2. The Bertz CT molecular complexity index is 849. The van der Waals surface area contributed by atoms with Crippen molar-refractivity contribution in [3.8, 4) is 11.5 Å². The van der Waals surface area contributed by atoms with Crippen molar-refractivity contribution in [1.82, 2.24) is 20.4 Å². The van der Waals surface area contributed by atoms with Gasteiger partial charge in [0.25, 0.3) is 0 Å². The van der Waals surface area contributed by atoms with Gasteiger partial charge in [-0.25, -0.2) is 0 Å². The predicted octanol–water partition coefficient (Wildman–Crippen LogP) is 3.28. The van der Waals surface area contributed by atoms with Crippen LogP contribution in [0.5, 0.6) is 0 Å². The molecule has 2 aromatic heterocycles. The largest absolute Gasteiger partial charge is 0.460 e. The number of rotatable bonds is 8. The van der Waals surface area contributed by atoms with Gasteiger partial charge in [-0.15, -0.1) is 0 Å². The van der Waals surface area contributed by atoms with Crippen LogP contribution in [0.1, 0.15) is 17.7 Å². The number of aromatic amines is 1. The van der Waals surface area contributed by atoms with Crippen molar-refractivity contribution >= 4 is 5.69 Å². The van der Waals surface area contributed by atoms with E-state index < -0.39 is 0 Å². The Balaban J connectivity index is 1.15. The molecular weight excluding hydrogens is 350 g/mol. The number of aryl methyl sites for hydroxylation is 1. The zero-order valence-corrected chi connectivity index (χ0v) is 16.5. The molecule has 3 heterocycles. The molecule has 0 spiro atoms. The Morgan fingerprint density at radius 3 is 2.64 bits per heavy atom. The molecule has 2 N–H and O–H groups in total. The number of H-pyrrole nitrogens is 1. The summed E-state index contributed by atoms with van der Waals surface area (Å²) in [5, 5.41) is 10.8. The smallest absolute Gasteiger partial charge is 0.152 e. The average Bonchev–Trinajstić information content (AvgIpc) is 3.37. The van der Waals surface area contributed by atoms with Gasteiger partial charge < -0.3 is 14.6 Å². The van der Waals surface area contributed by atoms with Gasteiger partial charge in [0, 0.05) is 44.0 Å². The molecule has 0 amide bonds. The average molecular weight is 380 g/mol. The van der Waals surface area contributed by atoms with E-state index in [0.29, 0.717) is 0 Å². The van der Waals surface area contributed by atoms with Gasteiger partial charge in [-0.1, -0.05) is 18.2 Å². The monoisotopic (exact) mass is 379 g/mol. The highest BCUT2D eigenvalue weighted by molar-refractivity contribution is 5.56. The number of hydrogen-bond acceptors (Lipinski definition) is 5. The van der Waals surface area contributed by atoms with Gasteiger partial charge in [-0.05, 0) is 50.7 Å². The summed E-state index contributed by atoms with van der Waals surface area (Å²) < 4.78 is 5.71. The topological polar surface area (TPSA) is 60.3 Å². The van der Waals surface area contributed by atoms with Crippen LogP contribution in [0, 0.1) is 6.92 Å². The molecule has 6 nitrogen and oxygen atoms in total. The van der Waals surface area contributed by atoms with E-state index in [9.17, 15) is 0 Å². The van der Waals surface area contributed by atoms with Crippen molar-refractivity contribution in [1.29, 1.82) is 0 Å². The SMILES string of the molecule is Cc1ccc(-c2[nH]ncc2CNCCCN2CCN(c3ccccc3)CC2)o1. The molecule has 1 aliphatic rings. The van der Waals surface area contributed by atoms with Crippen LogP contribution in [-0.4, -0.2) is 54.4 Å². The highest BCUT2D eigenvalue weighted by Crippen LogP contribution is 2.23. The maximum atomic E-state index is 5.71. The summed E-state index contributed by atoms with van der Waals surface area (Å²) in [6.07, 6.45) is 3.03. The Labute approximate surface area is 166 Å². The van der Waals surface area contributed by atoms with E-state index >= 15 is 0 Å². The maximum Gasteiger partial charge on any atom is 0.152 e. The van der Waals surface area contributed by atoms with Crippen LogP contribution in [-0.2, 0) is 6.54 Å². The minimum Gasteiger partial charge on any atom is -0.460 e. The van der Waals surface area contributed by atoms with Crippen LogP contribution in [0.3, 0.4) is 0 Å². The van der Waals surface area contributed by atoms with Crippen molar-refractivity contribution in [2.45, 2.75) is 19.9 Å². The normalized spacial score (nSPS) is 15.2. The summed E-state index contributed by atoms with van der Waals surface area (Å²) in [4.78, 5) is 5.04. The minimum absolute atomic E-state index is 0.799. The first kappa shape index (κ1) is 18.8. The molecule has 0 atom stereocenters. The third-order valence-electron chi connectivity index (χ3n) is 5.34. The summed E-state index contributed by atoms with van der Waals surface area (Å²) in [7, 11) is 0. The van der Waals surface area contributed by atoms with Gasteiger partial charge >= 0.3 is 0 Å². The molecule has 0 unspecified atom stereocenters. The molecule has 3 aromatic rings.